The van der Waals surface area contributed by atoms with Crippen LogP contribution in [-0.2, 0) is 0 Å². The Bertz CT molecular complexity index is 703. The summed E-state index contributed by atoms with van der Waals surface area (Å²) in [6, 6.07) is 12.3. The Morgan fingerprint density at radius 3 is 2.73 bits per heavy atom. The van der Waals surface area contributed by atoms with Gasteiger partial charge in [0.05, 0.1) is 0 Å². The Labute approximate surface area is 155 Å². The molecule has 4 rings (SSSR count). The summed E-state index contributed by atoms with van der Waals surface area (Å²) in [6.45, 7) is 2.17. The normalized spacial score (nSPS) is 29.3. The minimum atomic E-state index is -0.149. The number of likely N-dealkylation sites (tertiary alicyclic amines) is 1. The zero-order valence-corrected chi connectivity index (χ0v) is 15.4. The zero-order chi connectivity index (χ0) is 17.9. The second-order valence-corrected chi connectivity index (χ2v) is 7.86. The molecule has 2 heterocycles. The van der Waals surface area contributed by atoms with Crippen LogP contribution >= 0.6 is 0 Å². The maximum atomic E-state index is 13.2. The van der Waals surface area contributed by atoms with Crippen molar-refractivity contribution in [3.63, 3.8) is 0 Å². The summed E-state index contributed by atoms with van der Waals surface area (Å²) in [6.07, 6.45) is 8.73. The standard InChI is InChI=1S/C22H28FN3/c1-26-13-11-18(22(26)17-4-3-12-24-14-17)15-25-21-6-2-5-20(21)16-7-9-19(23)10-8-16/h3-4,7-10,12,14,18,20-22,25H,2,5-6,11,13,15H2,1H3/t18-,20-,21-,22-/m0/s1. The fraction of sp³-hybridized carbons (Fsp3) is 0.500. The highest BCUT2D eigenvalue weighted by molar-refractivity contribution is 5.23. The lowest BCUT2D eigenvalue weighted by Crippen LogP contribution is -2.36. The van der Waals surface area contributed by atoms with Crippen LogP contribution in [0.1, 0.15) is 48.8 Å². The third-order valence-electron chi connectivity index (χ3n) is 6.26. The molecule has 0 unspecified atom stereocenters. The van der Waals surface area contributed by atoms with Crippen molar-refractivity contribution in [2.75, 3.05) is 20.1 Å². The molecule has 1 aliphatic carbocycles. The molecule has 1 N–H and O–H groups in total. The summed E-state index contributed by atoms with van der Waals surface area (Å²) in [5.41, 5.74) is 2.59. The molecule has 1 aliphatic heterocycles. The van der Waals surface area contributed by atoms with Gasteiger partial charge in [-0.05, 0) is 74.0 Å². The Kier molecular flexibility index (Phi) is 5.32. The van der Waals surface area contributed by atoms with Crippen molar-refractivity contribution in [1.29, 1.82) is 0 Å². The molecule has 0 bridgehead atoms. The van der Waals surface area contributed by atoms with Crippen LogP contribution in [0.15, 0.2) is 48.8 Å². The van der Waals surface area contributed by atoms with E-state index in [-0.39, 0.29) is 5.82 Å². The van der Waals surface area contributed by atoms with Crippen molar-refractivity contribution in [3.8, 4) is 0 Å². The minimum absolute atomic E-state index is 0.149. The lowest BCUT2D eigenvalue weighted by atomic mass is 9.91. The summed E-state index contributed by atoms with van der Waals surface area (Å²) >= 11 is 0. The van der Waals surface area contributed by atoms with Crippen molar-refractivity contribution in [2.45, 2.75) is 43.7 Å². The van der Waals surface area contributed by atoms with Gasteiger partial charge in [-0.2, -0.15) is 0 Å². The van der Waals surface area contributed by atoms with E-state index in [9.17, 15) is 4.39 Å². The maximum Gasteiger partial charge on any atom is 0.123 e. The van der Waals surface area contributed by atoms with Crippen molar-refractivity contribution in [1.82, 2.24) is 15.2 Å². The maximum absolute atomic E-state index is 13.2. The van der Waals surface area contributed by atoms with Gasteiger partial charge in [0.25, 0.3) is 0 Å². The number of hydrogen-bond acceptors (Lipinski definition) is 3. The van der Waals surface area contributed by atoms with Gasteiger partial charge in [-0.3, -0.25) is 9.88 Å². The van der Waals surface area contributed by atoms with Crippen LogP contribution in [0.25, 0.3) is 0 Å². The lowest BCUT2D eigenvalue weighted by Gasteiger charge is -2.28. The van der Waals surface area contributed by atoms with Crippen LogP contribution in [0, 0.1) is 11.7 Å². The predicted octanol–water partition coefficient (Wildman–Crippen LogP) is 4.14. The van der Waals surface area contributed by atoms with Crippen LogP contribution in [0.2, 0.25) is 0 Å². The molecule has 2 aromatic rings. The van der Waals surface area contributed by atoms with E-state index in [1.807, 2.05) is 30.6 Å². The molecule has 1 aromatic carbocycles. The summed E-state index contributed by atoms with van der Waals surface area (Å²) in [5, 5.41) is 3.87. The van der Waals surface area contributed by atoms with Gasteiger partial charge >= 0.3 is 0 Å². The molecule has 0 spiro atoms. The van der Waals surface area contributed by atoms with Gasteiger partial charge in [-0.15, -0.1) is 0 Å². The molecule has 0 amide bonds. The number of nitrogens with zero attached hydrogens (tertiary/aromatic N) is 2. The van der Waals surface area contributed by atoms with Crippen LogP contribution in [0.4, 0.5) is 4.39 Å². The first kappa shape index (κ1) is 17.6. The molecule has 2 fully saturated rings. The fourth-order valence-electron chi connectivity index (χ4n) is 4.93. The van der Waals surface area contributed by atoms with E-state index >= 15 is 0 Å². The molecule has 0 radical (unpaired) electrons. The predicted molar refractivity (Wildman–Crippen MR) is 102 cm³/mol. The third-order valence-corrected chi connectivity index (χ3v) is 6.26. The SMILES string of the molecule is CN1CC[C@@H](CN[C@H]2CCC[C@H]2c2ccc(F)cc2)[C@@H]1c1cccnc1. The summed E-state index contributed by atoms with van der Waals surface area (Å²) in [5.74, 6) is 0.967. The van der Waals surface area contributed by atoms with Crippen LogP contribution in [0.5, 0.6) is 0 Å². The average molecular weight is 353 g/mol. The Morgan fingerprint density at radius 1 is 1.12 bits per heavy atom. The fourth-order valence-corrected chi connectivity index (χ4v) is 4.93. The van der Waals surface area contributed by atoms with Gasteiger partial charge in [0, 0.05) is 31.0 Å². The van der Waals surface area contributed by atoms with E-state index in [4.69, 9.17) is 0 Å². The van der Waals surface area contributed by atoms with Gasteiger partial charge < -0.3 is 5.32 Å². The first-order valence-electron chi connectivity index (χ1n) is 9.81. The van der Waals surface area contributed by atoms with Crippen molar-refractivity contribution >= 4 is 0 Å². The highest BCUT2D eigenvalue weighted by Gasteiger charge is 2.35. The van der Waals surface area contributed by atoms with Gasteiger partial charge in [0.1, 0.15) is 5.82 Å². The number of hydrogen-bond donors (Lipinski definition) is 1. The van der Waals surface area contributed by atoms with Crippen LogP contribution in [0.3, 0.4) is 0 Å². The van der Waals surface area contributed by atoms with E-state index in [0.29, 0.717) is 23.9 Å². The highest BCUT2D eigenvalue weighted by Crippen LogP contribution is 2.38. The van der Waals surface area contributed by atoms with E-state index in [1.54, 1.807) is 12.1 Å². The number of nitrogens with one attached hydrogen (secondary N) is 1. The number of rotatable bonds is 5. The highest BCUT2D eigenvalue weighted by atomic mass is 19.1. The smallest absolute Gasteiger partial charge is 0.123 e. The second kappa shape index (κ2) is 7.85. The zero-order valence-electron chi connectivity index (χ0n) is 15.4. The second-order valence-electron chi connectivity index (χ2n) is 7.86. The first-order valence-corrected chi connectivity index (χ1v) is 9.81. The van der Waals surface area contributed by atoms with Crippen molar-refractivity contribution in [3.05, 3.63) is 65.7 Å². The van der Waals surface area contributed by atoms with Gasteiger partial charge in [0.2, 0.25) is 0 Å². The summed E-state index contributed by atoms with van der Waals surface area (Å²) < 4.78 is 13.2. The average Bonchev–Trinajstić information content (AvgIpc) is 3.28. The Morgan fingerprint density at radius 2 is 1.96 bits per heavy atom. The molecule has 1 saturated heterocycles. The Hall–Kier alpha value is -1.78. The molecule has 3 nitrogen and oxygen atoms in total. The molecule has 138 valence electrons. The molecule has 26 heavy (non-hydrogen) atoms. The topological polar surface area (TPSA) is 28.2 Å². The van der Waals surface area contributed by atoms with Crippen LogP contribution < -0.4 is 5.32 Å². The van der Waals surface area contributed by atoms with E-state index < -0.39 is 0 Å². The minimum Gasteiger partial charge on any atom is -0.313 e. The molecular weight excluding hydrogens is 325 g/mol. The van der Waals surface area contributed by atoms with E-state index in [2.05, 4.69) is 28.3 Å². The van der Waals surface area contributed by atoms with Crippen molar-refractivity contribution in [2.24, 2.45) is 5.92 Å². The van der Waals surface area contributed by atoms with Gasteiger partial charge in [-0.25, -0.2) is 4.39 Å². The number of pyridine rings is 1. The summed E-state index contributed by atoms with van der Waals surface area (Å²) in [4.78, 5) is 6.77. The van der Waals surface area contributed by atoms with E-state index in [0.717, 1.165) is 13.1 Å². The molecule has 2 aliphatic rings. The molecule has 4 atom stereocenters. The largest absolute Gasteiger partial charge is 0.313 e. The quantitative estimate of drug-likeness (QED) is 0.876. The monoisotopic (exact) mass is 353 g/mol. The first-order chi connectivity index (χ1) is 12.7. The van der Waals surface area contributed by atoms with E-state index in [1.165, 1.54) is 36.8 Å². The third kappa shape index (κ3) is 3.67. The number of benzene rings is 1. The molecule has 1 aromatic heterocycles. The molecule has 1 saturated carbocycles. The molecule has 4 heteroatoms. The lowest BCUT2D eigenvalue weighted by molar-refractivity contribution is 0.265. The Balaban J connectivity index is 1.42. The number of aromatic nitrogens is 1. The molecular formula is C22H28FN3. The number of halogens is 1. The van der Waals surface area contributed by atoms with Crippen LogP contribution in [-0.4, -0.2) is 36.1 Å². The van der Waals surface area contributed by atoms with Crippen molar-refractivity contribution < 1.29 is 4.39 Å². The van der Waals surface area contributed by atoms with Gasteiger partial charge in [0.15, 0.2) is 0 Å². The van der Waals surface area contributed by atoms with Gasteiger partial charge in [-0.1, -0.05) is 24.6 Å². The summed E-state index contributed by atoms with van der Waals surface area (Å²) in [7, 11) is 2.22.